The van der Waals surface area contributed by atoms with Crippen molar-refractivity contribution in [1.29, 1.82) is 10.8 Å². The average Bonchev–Trinajstić information content (AvgIpc) is 0.797. The lowest BCUT2D eigenvalue weighted by Gasteiger charge is -2.43. The van der Waals surface area contributed by atoms with Crippen LogP contribution >= 0.6 is 0 Å². The third kappa shape index (κ3) is 24.7. The van der Waals surface area contributed by atoms with Gasteiger partial charge in [-0.3, -0.25) is 82.8 Å². The van der Waals surface area contributed by atoms with Gasteiger partial charge in [0.2, 0.25) is 58.9 Å². The lowest BCUT2D eigenvalue weighted by molar-refractivity contribution is -0.249. The summed E-state index contributed by atoms with van der Waals surface area (Å²) in [5.41, 5.74) is 6.35. The summed E-state index contributed by atoms with van der Waals surface area (Å²) in [4.78, 5) is 193. The summed E-state index contributed by atoms with van der Waals surface area (Å²) in [6.45, 7) is -4.15. The molecule has 0 bridgehead atoms. The molecular formula is C78H100N16O27. The lowest BCUT2D eigenvalue weighted by atomic mass is 9.72. The lowest BCUT2D eigenvalue weighted by Crippen LogP contribution is -2.61. The van der Waals surface area contributed by atoms with E-state index in [0.29, 0.717) is 12.8 Å². The summed E-state index contributed by atoms with van der Waals surface area (Å²) in [6.07, 6.45) is -5.77. The zero-order valence-corrected chi connectivity index (χ0v) is 65.8. The molecule has 8 rings (SSSR count). The van der Waals surface area contributed by atoms with Crippen molar-refractivity contribution < 1.29 is 132 Å². The molecule has 0 spiro atoms. The Morgan fingerprint density at radius 2 is 1.06 bits per heavy atom. The number of Topliss-reactive ketones (excluding diaryl/α,β-unsaturated/α-hetero) is 1. The topological polar surface area (TPSA) is 704 Å². The minimum absolute atomic E-state index is 0.0159. The second-order valence-corrected chi connectivity index (χ2v) is 29.1. The molecule has 2 aliphatic carbocycles. The SMILES string of the molecule is COc1cccc2c1C(=O)c1c(O)c3c(c(O)c1C2=O)C[C@@](O)(C(=O)CO)C[C@@H]3O[C@@H]1C[C@@H](NC(=O)CNC(=O)[C@H](CO)NC(=O)[C@H](Cc2ccc(O)cc2)NC(=O)[C@H](Cc2ccc(O)cc2)NC(=O)[C@H](CO)NC(=O)[C@H](CO)NC(=O)[C@H](CCCNC(=N)N)NC(=O)[C@H](CCCNC(=N)N)NC(=O)CCCCCN2C(=O)C=CC2=O)[C@@H](O)[C@@H](C)O1. The minimum atomic E-state index is -2.54. The fourth-order valence-electron chi connectivity index (χ4n) is 14.0. The number of nitrogens with zero attached hydrogens (tertiary/aromatic N) is 1. The van der Waals surface area contributed by atoms with Crippen LogP contribution in [0.15, 0.2) is 78.9 Å². The summed E-state index contributed by atoms with van der Waals surface area (Å²) in [7, 11) is 1.24. The van der Waals surface area contributed by atoms with E-state index in [1.807, 2.05) is 0 Å². The monoisotopic (exact) mass is 1690 g/mol. The van der Waals surface area contributed by atoms with Gasteiger partial charge in [-0.2, -0.15) is 0 Å². The number of phenols is 4. The molecule has 4 aromatic carbocycles. The van der Waals surface area contributed by atoms with Crippen molar-refractivity contribution in [2.24, 2.45) is 11.5 Å². The van der Waals surface area contributed by atoms with E-state index in [1.54, 1.807) is 0 Å². The van der Waals surface area contributed by atoms with Crippen LogP contribution in [0.4, 0.5) is 0 Å². The third-order valence-electron chi connectivity index (χ3n) is 20.4. The largest absolute Gasteiger partial charge is 0.508 e. The molecule has 2 aliphatic heterocycles. The zero-order valence-electron chi connectivity index (χ0n) is 65.8. The second-order valence-electron chi connectivity index (χ2n) is 29.1. The number of amides is 11. The van der Waals surface area contributed by atoms with Crippen LogP contribution in [-0.4, -0.2) is 282 Å². The fraction of sp³-hybridized carbons (Fsp3) is 0.462. The first-order valence-electron chi connectivity index (χ1n) is 38.5. The third-order valence-corrected chi connectivity index (χ3v) is 20.4. The van der Waals surface area contributed by atoms with Gasteiger partial charge >= 0.3 is 0 Å². The van der Waals surface area contributed by atoms with Crippen molar-refractivity contribution in [2.75, 3.05) is 59.7 Å². The summed E-state index contributed by atoms with van der Waals surface area (Å²) in [5, 5.41) is 151. The Kier molecular flexibility index (Phi) is 33.5. The first kappa shape index (κ1) is 93.7. The molecule has 121 heavy (non-hydrogen) atoms. The number of aliphatic hydroxyl groups excluding tert-OH is 5. The molecule has 0 aromatic heterocycles. The smallest absolute Gasteiger partial charge is 0.253 e. The number of nitrogens with one attached hydrogen (secondary N) is 13. The maximum atomic E-state index is 14.7. The number of rotatable bonds is 43. The summed E-state index contributed by atoms with van der Waals surface area (Å²) >= 11 is 0. The van der Waals surface area contributed by atoms with Gasteiger partial charge in [0.15, 0.2) is 29.8 Å². The van der Waals surface area contributed by atoms with Crippen LogP contribution in [0.1, 0.15) is 131 Å². The number of methoxy groups -OCH3 is 1. The van der Waals surface area contributed by atoms with Gasteiger partial charge in [0.1, 0.15) is 89.4 Å². The van der Waals surface area contributed by atoms with Crippen LogP contribution in [0.3, 0.4) is 0 Å². The highest BCUT2D eigenvalue weighted by molar-refractivity contribution is 6.31. The molecule has 11 amide bonds. The molecule has 13 atom stereocenters. The van der Waals surface area contributed by atoms with Gasteiger partial charge in [0.25, 0.3) is 11.8 Å². The first-order chi connectivity index (χ1) is 57.5. The number of carbonyl (C=O) groups is 14. The zero-order chi connectivity index (χ0) is 88.7. The maximum absolute atomic E-state index is 14.7. The van der Waals surface area contributed by atoms with E-state index in [4.69, 9.17) is 36.5 Å². The number of benzene rings is 4. The van der Waals surface area contributed by atoms with Gasteiger partial charge in [-0.15, -0.1) is 0 Å². The second kappa shape index (κ2) is 43.3. The van der Waals surface area contributed by atoms with Crippen molar-refractivity contribution in [1.82, 2.24) is 63.4 Å². The molecule has 43 heteroatoms. The molecule has 0 unspecified atom stereocenters. The van der Waals surface area contributed by atoms with Gasteiger partial charge in [0, 0.05) is 87.0 Å². The maximum Gasteiger partial charge on any atom is 0.253 e. The molecule has 2 heterocycles. The number of carbonyl (C=O) groups excluding carboxylic acids is 14. The van der Waals surface area contributed by atoms with Crippen LogP contribution in [0.25, 0.3) is 0 Å². The van der Waals surface area contributed by atoms with E-state index in [2.05, 4.69) is 58.5 Å². The number of hydrogen-bond acceptors (Lipinski definition) is 29. The molecule has 654 valence electrons. The normalized spacial score (nSPS) is 19.4. The molecule has 1 fully saturated rings. The number of unbranched alkanes of at least 4 members (excludes halogenated alkanes) is 2. The van der Waals surface area contributed by atoms with E-state index in [0.717, 1.165) is 17.1 Å². The quantitative estimate of drug-likeness (QED) is 0.00567. The Bertz CT molecular complexity index is 4570. The van der Waals surface area contributed by atoms with Gasteiger partial charge in [0.05, 0.1) is 68.4 Å². The Morgan fingerprint density at radius 1 is 0.579 bits per heavy atom. The number of nitrogens with two attached hydrogens (primary N) is 2. The number of ether oxygens (including phenoxy) is 3. The van der Waals surface area contributed by atoms with Crippen molar-refractivity contribution in [3.63, 3.8) is 0 Å². The van der Waals surface area contributed by atoms with Gasteiger partial charge < -0.3 is 135 Å². The molecule has 0 saturated carbocycles. The first-order valence-corrected chi connectivity index (χ1v) is 38.5. The van der Waals surface area contributed by atoms with Crippen LogP contribution in [-0.2, 0) is 86.3 Å². The Hall–Kier alpha value is -12.8. The van der Waals surface area contributed by atoms with E-state index < -0.39 is 260 Å². The molecular weight excluding hydrogens is 1590 g/mol. The van der Waals surface area contributed by atoms with Crippen LogP contribution in [0, 0.1) is 10.8 Å². The summed E-state index contributed by atoms with van der Waals surface area (Å²) < 4.78 is 17.5. The van der Waals surface area contributed by atoms with Gasteiger partial charge in [-0.1, -0.05) is 42.8 Å². The van der Waals surface area contributed by atoms with Crippen molar-refractivity contribution in [3.8, 4) is 28.7 Å². The molecule has 1 saturated heterocycles. The summed E-state index contributed by atoms with van der Waals surface area (Å²) in [6, 6.07) is 0.836. The Balaban J connectivity index is 0.924. The van der Waals surface area contributed by atoms with Gasteiger partial charge in [-0.05, 0) is 86.9 Å². The van der Waals surface area contributed by atoms with Gasteiger partial charge in [-0.25, -0.2) is 0 Å². The van der Waals surface area contributed by atoms with Crippen LogP contribution in [0.5, 0.6) is 28.7 Å². The number of aliphatic hydroxyl groups is 6. The van der Waals surface area contributed by atoms with E-state index in [9.17, 15) is 118 Å². The number of phenolic OH excluding ortho intramolecular Hbond substituents is 4. The van der Waals surface area contributed by atoms with Crippen molar-refractivity contribution in [2.45, 2.75) is 169 Å². The highest BCUT2D eigenvalue weighted by Crippen LogP contribution is 2.53. The minimum Gasteiger partial charge on any atom is -0.508 e. The Labute approximate surface area is 690 Å². The van der Waals surface area contributed by atoms with E-state index in [1.165, 1.54) is 80.8 Å². The highest BCUT2D eigenvalue weighted by Gasteiger charge is 2.51. The molecule has 0 radical (unpaired) electrons. The van der Waals surface area contributed by atoms with Crippen LogP contribution in [0.2, 0.25) is 0 Å². The molecule has 43 nitrogen and oxygen atoms in total. The number of guanidine groups is 2. The number of hydrogen-bond donors (Lipinski definition) is 25. The predicted molar refractivity (Wildman–Crippen MR) is 420 cm³/mol. The molecule has 4 aromatic rings. The average molecular weight is 1690 g/mol. The molecule has 4 aliphatic rings. The van der Waals surface area contributed by atoms with Crippen molar-refractivity contribution in [3.05, 3.63) is 123 Å². The number of imide groups is 1. The predicted octanol–water partition coefficient (Wildman–Crippen LogP) is -6.45. The highest BCUT2D eigenvalue weighted by atomic mass is 16.7. The van der Waals surface area contributed by atoms with Crippen LogP contribution < -0.4 is 74.7 Å². The van der Waals surface area contributed by atoms with E-state index in [-0.39, 0.29) is 109 Å². The number of fused-ring (bicyclic) bond motifs is 3. The number of ketones is 3. The standard InChI is InChI=1S/C78H100N16O27/c1-37-64(106)46(29-59(120-37)121-53-31-78(118,54(101)36-98)30-43-61(53)68(110)63-62(66(43)108)65(107)42-9-6-12-52(119-2)60(42)67(63)109)87-56(103)32-85-69(111)49(33-95)91-73(115)48(28-39-16-20-41(100)21-17-39)89-72(114)47(27-38-14-18-40(99)19-15-38)90-74(116)50(34-96)93-75(117)51(35-97)92-71(113)45(11-8-25-84-77(81)82)88-70(112)44(10-7-24-83-76(79)80)86-55(102)13-4-3-5-26-94-57(104)22-23-58(94)105/h6,9,12,14-23,37,44-51,53,59,64,95-100,106,108,110,118H,3-5,7-8,10-11,13,24-36H2,1-2H3,(H,85,111)(H,86,102)(H,87,103)(H,88,112)(H,89,114)(H,90,116)(H,91,115)(H,92,113)(H,93,117)(H4,79,80,83)(H4,81,82,84)/t37-,44+,45+,46-,47+,48+,49+,50+,51+,53+,59-,64+,78+/m1/s1. The van der Waals surface area contributed by atoms with E-state index >= 15 is 0 Å². The van der Waals surface area contributed by atoms with Crippen molar-refractivity contribution >= 4 is 94.2 Å². The summed E-state index contributed by atoms with van der Waals surface area (Å²) in [5.74, 6) is -16.8. The Morgan fingerprint density at radius 3 is 1.56 bits per heavy atom. The molecule has 27 N–H and O–H groups in total. The number of aromatic hydroxyl groups is 4. The fourth-order valence-corrected chi connectivity index (χ4v) is 14.0.